The van der Waals surface area contributed by atoms with Crippen LogP contribution in [0.3, 0.4) is 0 Å². The van der Waals surface area contributed by atoms with Gasteiger partial charge in [-0.2, -0.15) is 0 Å². The van der Waals surface area contributed by atoms with Gasteiger partial charge in [0.05, 0.1) is 17.0 Å². The summed E-state index contributed by atoms with van der Waals surface area (Å²) in [7, 11) is 3.81. The molecule has 2 aromatic carbocycles. The summed E-state index contributed by atoms with van der Waals surface area (Å²) in [6.45, 7) is 0.988. The van der Waals surface area contributed by atoms with Crippen LogP contribution in [0.4, 0.5) is 4.39 Å². The van der Waals surface area contributed by atoms with Crippen molar-refractivity contribution in [3.63, 3.8) is 0 Å². The number of carbonyl (C=O) groups is 1. The van der Waals surface area contributed by atoms with Crippen LogP contribution in [-0.4, -0.2) is 42.9 Å². The van der Waals surface area contributed by atoms with E-state index in [2.05, 4.69) is 15.9 Å². The van der Waals surface area contributed by atoms with E-state index in [4.69, 9.17) is 4.42 Å². The molecule has 5 nitrogen and oxygen atoms in total. The average Bonchev–Trinajstić information content (AvgIpc) is 2.93. The molecule has 144 valence electrons. The van der Waals surface area contributed by atoms with Gasteiger partial charge in [0.1, 0.15) is 11.4 Å². The molecule has 0 saturated heterocycles. The fraction of sp³-hybridized carbons (Fsp3) is 0.238. The van der Waals surface area contributed by atoms with Gasteiger partial charge in [-0.3, -0.25) is 9.59 Å². The van der Waals surface area contributed by atoms with Crippen molar-refractivity contribution in [3.8, 4) is 0 Å². The molecule has 0 aliphatic carbocycles. The van der Waals surface area contributed by atoms with Gasteiger partial charge in [-0.05, 0) is 50.0 Å². The van der Waals surface area contributed by atoms with E-state index >= 15 is 0 Å². The van der Waals surface area contributed by atoms with E-state index in [0.717, 1.165) is 4.47 Å². The predicted molar refractivity (Wildman–Crippen MR) is 108 cm³/mol. The maximum atomic E-state index is 13.9. The molecule has 1 amide bonds. The molecule has 0 fully saturated rings. The Morgan fingerprint density at radius 2 is 1.96 bits per heavy atom. The molecule has 1 aromatic heterocycles. The number of hydrogen-bond donors (Lipinski definition) is 0. The van der Waals surface area contributed by atoms with Gasteiger partial charge >= 0.3 is 0 Å². The van der Waals surface area contributed by atoms with Gasteiger partial charge < -0.3 is 14.2 Å². The molecular weight excluding hydrogens is 427 g/mol. The van der Waals surface area contributed by atoms with Crippen LogP contribution in [0.15, 0.2) is 56.1 Å². The third-order valence-electron chi connectivity index (χ3n) is 4.88. The number of benzene rings is 2. The van der Waals surface area contributed by atoms with Crippen molar-refractivity contribution in [2.45, 2.75) is 6.04 Å². The standard InChI is InChI=1S/C21H18BrFN2O3/c1-24(2)8-9-25-18(12-4-3-5-14(23)10-12)17-19(26)15-11-13(22)6-7-16(15)28-20(17)21(25)27/h3-7,10-11,18H,8-9H2,1-2H3/t18-/m0/s1. The first-order chi connectivity index (χ1) is 13.4. The van der Waals surface area contributed by atoms with Crippen molar-refractivity contribution in [2.75, 3.05) is 27.2 Å². The van der Waals surface area contributed by atoms with Crippen molar-refractivity contribution in [2.24, 2.45) is 0 Å². The number of hydrogen-bond acceptors (Lipinski definition) is 4. The van der Waals surface area contributed by atoms with Gasteiger partial charge in [-0.1, -0.05) is 28.1 Å². The summed E-state index contributed by atoms with van der Waals surface area (Å²) >= 11 is 3.37. The largest absolute Gasteiger partial charge is 0.450 e. The van der Waals surface area contributed by atoms with E-state index < -0.39 is 11.9 Å². The number of rotatable bonds is 4. The van der Waals surface area contributed by atoms with Crippen LogP contribution < -0.4 is 5.43 Å². The van der Waals surface area contributed by atoms with Crippen molar-refractivity contribution in [3.05, 3.63) is 79.9 Å². The minimum absolute atomic E-state index is 0.0350. The fourth-order valence-corrected chi connectivity index (χ4v) is 3.92. The summed E-state index contributed by atoms with van der Waals surface area (Å²) in [6, 6.07) is 10.4. The van der Waals surface area contributed by atoms with Gasteiger partial charge in [-0.25, -0.2) is 4.39 Å². The Bertz CT molecular complexity index is 1140. The molecule has 4 rings (SSSR count). The third kappa shape index (κ3) is 3.14. The van der Waals surface area contributed by atoms with Crippen molar-refractivity contribution >= 4 is 32.8 Å². The normalized spacial score (nSPS) is 16.2. The first-order valence-electron chi connectivity index (χ1n) is 8.84. The zero-order valence-corrected chi connectivity index (χ0v) is 17.0. The van der Waals surface area contributed by atoms with Gasteiger partial charge in [0, 0.05) is 17.6 Å². The van der Waals surface area contributed by atoms with Gasteiger partial charge in [0.2, 0.25) is 5.76 Å². The Morgan fingerprint density at radius 1 is 1.18 bits per heavy atom. The van der Waals surface area contributed by atoms with Crippen molar-refractivity contribution in [1.82, 2.24) is 9.80 Å². The second-order valence-corrected chi connectivity index (χ2v) is 7.99. The topological polar surface area (TPSA) is 53.8 Å². The molecule has 28 heavy (non-hydrogen) atoms. The molecule has 1 atom stereocenters. The summed E-state index contributed by atoms with van der Waals surface area (Å²) < 4.78 is 20.5. The van der Waals surface area contributed by atoms with Crippen molar-refractivity contribution in [1.29, 1.82) is 0 Å². The molecule has 7 heteroatoms. The second kappa shape index (κ2) is 7.14. The van der Waals surface area contributed by atoms with Crippen LogP contribution >= 0.6 is 15.9 Å². The highest BCUT2D eigenvalue weighted by Gasteiger charge is 2.42. The Morgan fingerprint density at radius 3 is 2.68 bits per heavy atom. The molecule has 1 aliphatic rings. The third-order valence-corrected chi connectivity index (χ3v) is 5.37. The zero-order chi connectivity index (χ0) is 20.0. The van der Waals surface area contributed by atoms with Crippen molar-refractivity contribution < 1.29 is 13.6 Å². The van der Waals surface area contributed by atoms with E-state index in [1.54, 1.807) is 35.2 Å². The van der Waals surface area contributed by atoms with E-state index in [-0.39, 0.29) is 22.7 Å². The van der Waals surface area contributed by atoms with Crippen LogP contribution in [0.1, 0.15) is 27.7 Å². The van der Waals surface area contributed by atoms with E-state index in [1.165, 1.54) is 12.1 Å². The number of fused-ring (bicyclic) bond motifs is 2. The Hall–Kier alpha value is -2.51. The summed E-state index contributed by atoms with van der Waals surface area (Å²) in [4.78, 5) is 29.9. The predicted octanol–water partition coefficient (Wildman–Crippen LogP) is 3.80. The van der Waals surface area contributed by atoms with Crippen LogP contribution in [0.25, 0.3) is 11.0 Å². The van der Waals surface area contributed by atoms with Crippen LogP contribution in [0.2, 0.25) is 0 Å². The summed E-state index contributed by atoms with van der Waals surface area (Å²) in [5.41, 5.74) is 0.896. The molecular formula is C21H18BrFN2O3. The van der Waals surface area contributed by atoms with Gasteiger partial charge in [0.25, 0.3) is 5.91 Å². The van der Waals surface area contributed by atoms with Gasteiger partial charge in [0.15, 0.2) is 5.43 Å². The lowest BCUT2D eigenvalue weighted by atomic mass is 9.98. The smallest absolute Gasteiger partial charge is 0.290 e. The SMILES string of the molecule is CN(C)CCN1C(=O)c2oc3ccc(Br)cc3c(=O)c2[C@@H]1c1cccc(F)c1. The zero-order valence-electron chi connectivity index (χ0n) is 15.4. The first-order valence-corrected chi connectivity index (χ1v) is 9.63. The first kappa shape index (κ1) is 18.8. The van der Waals surface area contributed by atoms with Crippen LogP contribution in [0.5, 0.6) is 0 Å². The molecule has 0 bridgehead atoms. The summed E-state index contributed by atoms with van der Waals surface area (Å²) in [6.07, 6.45) is 0. The van der Waals surface area contributed by atoms with Crippen LogP contribution in [-0.2, 0) is 0 Å². The molecule has 0 N–H and O–H groups in total. The van der Waals surface area contributed by atoms with E-state index in [1.807, 2.05) is 19.0 Å². The van der Waals surface area contributed by atoms with Crippen LogP contribution in [0, 0.1) is 5.82 Å². The van der Waals surface area contributed by atoms with Gasteiger partial charge in [-0.15, -0.1) is 0 Å². The monoisotopic (exact) mass is 444 g/mol. The maximum absolute atomic E-state index is 13.9. The molecule has 0 unspecified atom stereocenters. The fourth-order valence-electron chi connectivity index (χ4n) is 3.55. The van der Waals surface area contributed by atoms with E-state index in [0.29, 0.717) is 29.6 Å². The number of halogens is 2. The average molecular weight is 445 g/mol. The maximum Gasteiger partial charge on any atom is 0.290 e. The highest BCUT2D eigenvalue weighted by Crippen LogP contribution is 2.38. The number of nitrogens with zero attached hydrogens (tertiary/aromatic N) is 2. The number of amides is 1. The highest BCUT2D eigenvalue weighted by molar-refractivity contribution is 9.10. The lowest BCUT2D eigenvalue weighted by Gasteiger charge is -2.26. The number of carbonyl (C=O) groups excluding carboxylic acids is 1. The Balaban J connectivity index is 1.96. The molecule has 2 heterocycles. The highest BCUT2D eigenvalue weighted by atomic mass is 79.9. The summed E-state index contributed by atoms with van der Waals surface area (Å²) in [5, 5.41) is 0.386. The Kier molecular flexibility index (Phi) is 4.81. The second-order valence-electron chi connectivity index (χ2n) is 7.07. The Labute approximate surface area is 169 Å². The lowest BCUT2D eigenvalue weighted by molar-refractivity contribution is 0.0716. The molecule has 3 aromatic rings. The molecule has 1 aliphatic heterocycles. The lowest BCUT2D eigenvalue weighted by Crippen LogP contribution is -2.35. The minimum Gasteiger partial charge on any atom is -0.450 e. The molecule has 0 radical (unpaired) electrons. The minimum atomic E-state index is -0.683. The summed E-state index contributed by atoms with van der Waals surface area (Å²) in [5.74, 6) is -0.736. The molecule has 0 saturated carbocycles. The van der Waals surface area contributed by atoms with E-state index in [9.17, 15) is 14.0 Å². The quantitative estimate of drug-likeness (QED) is 0.613. The number of likely N-dealkylation sites (N-methyl/N-ethyl adjacent to an activating group) is 1. The molecule has 0 spiro atoms.